The van der Waals surface area contributed by atoms with Crippen LogP contribution in [0.25, 0.3) is 16.9 Å². The van der Waals surface area contributed by atoms with Crippen LogP contribution >= 0.6 is 0 Å². The van der Waals surface area contributed by atoms with Crippen LogP contribution in [0.4, 0.5) is 4.39 Å². The summed E-state index contributed by atoms with van der Waals surface area (Å²) in [7, 11) is 0. The Morgan fingerprint density at radius 2 is 1.95 bits per heavy atom. The van der Waals surface area contributed by atoms with Gasteiger partial charge >= 0.3 is 0 Å². The largest absolute Gasteiger partial charge is 0.290 e. The summed E-state index contributed by atoms with van der Waals surface area (Å²) in [5.74, 6) is -0.336. The number of nitrogens with one attached hydrogen (secondary N) is 1. The third kappa shape index (κ3) is 2.03. The van der Waals surface area contributed by atoms with Gasteiger partial charge < -0.3 is 0 Å². The number of rotatable bonds is 2. The number of benzene rings is 1. The van der Waals surface area contributed by atoms with Gasteiger partial charge in [0.2, 0.25) is 0 Å². The summed E-state index contributed by atoms with van der Waals surface area (Å²) < 4.78 is 14.3. The number of hydrogen-bond donors (Lipinski definition) is 1. The SMILES string of the molecule is Cc1c(-c2cccnc2)[nH]n(-c2ccc(F)cc2)c1=O. The molecule has 0 fully saturated rings. The molecule has 5 heteroatoms. The van der Waals surface area contributed by atoms with Gasteiger partial charge in [0.25, 0.3) is 5.56 Å². The first-order valence-corrected chi connectivity index (χ1v) is 6.15. The second kappa shape index (κ2) is 4.77. The van der Waals surface area contributed by atoms with Crippen molar-refractivity contribution in [2.75, 3.05) is 0 Å². The molecule has 2 heterocycles. The van der Waals surface area contributed by atoms with E-state index < -0.39 is 0 Å². The van der Waals surface area contributed by atoms with Gasteiger partial charge in [-0.1, -0.05) is 0 Å². The maximum atomic E-state index is 12.9. The van der Waals surface area contributed by atoms with Crippen molar-refractivity contribution in [3.05, 3.63) is 70.5 Å². The lowest BCUT2D eigenvalue weighted by Gasteiger charge is -2.01. The minimum atomic E-state index is -0.336. The van der Waals surface area contributed by atoms with Gasteiger partial charge in [0.05, 0.1) is 11.4 Å². The van der Waals surface area contributed by atoms with Crippen LogP contribution in [-0.4, -0.2) is 14.8 Å². The first-order chi connectivity index (χ1) is 9.66. The quantitative estimate of drug-likeness (QED) is 0.777. The van der Waals surface area contributed by atoms with Crippen LogP contribution in [0, 0.1) is 12.7 Å². The first kappa shape index (κ1) is 12.3. The fourth-order valence-electron chi connectivity index (χ4n) is 2.08. The third-order valence-corrected chi connectivity index (χ3v) is 3.16. The third-order valence-electron chi connectivity index (χ3n) is 3.16. The first-order valence-electron chi connectivity index (χ1n) is 6.15. The summed E-state index contributed by atoms with van der Waals surface area (Å²) in [5.41, 5.74) is 2.59. The highest BCUT2D eigenvalue weighted by Gasteiger charge is 2.12. The molecule has 20 heavy (non-hydrogen) atoms. The van der Waals surface area contributed by atoms with E-state index in [1.807, 2.05) is 12.1 Å². The van der Waals surface area contributed by atoms with Crippen LogP contribution in [0.2, 0.25) is 0 Å². The van der Waals surface area contributed by atoms with E-state index >= 15 is 0 Å². The number of hydrogen-bond acceptors (Lipinski definition) is 2. The van der Waals surface area contributed by atoms with Gasteiger partial charge in [0.15, 0.2) is 0 Å². The molecule has 0 aliphatic carbocycles. The molecule has 0 unspecified atom stereocenters. The van der Waals surface area contributed by atoms with Crippen LogP contribution < -0.4 is 5.56 Å². The average molecular weight is 269 g/mol. The molecule has 2 aromatic heterocycles. The molecule has 0 amide bonds. The topological polar surface area (TPSA) is 50.7 Å². The summed E-state index contributed by atoms with van der Waals surface area (Å²) in [6, 6.07) is 9.44. The molecule has 0 saturated carbocycles. The molecule has 0 spiro atoms. The normalized spacial score (nSPS) is 10.7. The molecule has 0 aliphatic rings. The summed E-state index contributed by atoms with van der Waals surface area (Å²) in [4.78, 5) is 16.3. The maximum absolute atomic E-state index is 12.9. The Bertz CT molecular complexity index is 788. The molecule has 1 N–H and O–H groups in total. The zero-order valence-electron chi connectivity index (χ0n) is 10.8. The van der Waals surface area contributed by atoms with E-state index in [2.05, 4.69) is 10.1 Å². The Kier molecular flexibility index (Phi) is 2.95. The zero-order chi connectivity index (χ0) is 14.1. The van der Waals surface area contributed by atoms with Crippen molar-refractivity contribution in [3.8, 4) is 16.9 Å². The molecule has 0 atom stereocenters. The monoisotopic (exact) mass is 269 g/mol. The number of halogens is 1. The molecule has 4 nitrogen and oxygen atoms in total. The Hall–Kier alpha value is -2.69. The van der Waals surface area contributed by atoms with E-state index in [1.165, 1.54) is 16.8 Å². The van der Waals surface area contributed by atoms with Gasteiger partial charge in [-0.05, 0) is 43.3 Å². The summed E-state index contributed by atoms with van der Waals surface area (Å²) in [5, 5.41) is 3.04. The number of nitrogens with zero attached hydrogens (tertiary/aromatic N) is 2. The second-order valence-electron chi connectivity index (χ2n) is 4.47. The van der Waals surface area contributed by atoms with Gasteiger partial charge in [0, 0.05) is 23.5 Å². The minimum Gasteiger partial charge on any atom is -0.290 e. The van der Waals surface area contributed by atoms with Gasteiger partial charge in [-0.15, -0.1) is 0 Å². The molecule has 1 aromatic carbocycles. The fourth-order valence-corrected chi connectivity index (χ4v) is 2.08. The predicted molar refractivity (Wildman–Crippen MR) is 74.3 cm³/mol. The number of H-pyrrole nitrogens is 1. The van der Waals surface area contributed by atoms with Gasteiger partial charge in [-0.2, -0.15) is 0 Å². The highest BCUT2D eigenvalue weighted by atomic mass is 19.1. The van der Waals surface area contributed by atoms with Gasteiger partial charge in [-0.25, -0.2) is 9.07 Å². The van der Waals surface area contributed by atoms with Crippen molar-refractivity contribution in [3.63, 3.8) is 0 Å². The van der Waals surface area contributed by atoms with E-state index in [0.717, 1.165) is 5.56 Å². The van der Waals surface area contributed by atoms with Gasteiger partial charge in [0.1, 0.15) is 5.82 Å². The lowest BCUT2D eigenvalue weighted by atomic mass is 10.1. The Morgan fingerprint density at radius 1 is 1.20 bits per heavy atom. The van der Waals surface area contributed by atoms with Crippen LogP contribution in [0.3, 0.4) is 0 Å². The number of pyridine rings is 1. The van der Waals surface area contributed by atoms with Crippen molar-refractivity contribution in [2.45, 2.75) is 6.92 Å². The molecule has 3 aromatic rings. The molecule has 0 radical (unpaired) electrons. The van der Waals surface area contributed by atoms with Crippen molar-refractivity contribution in [1.29, 1.82) is 0 Å². The van der Waals surface area contributed by atoms with Crippen LogP contribution in [0.5, 0.6) is 0 Å². The number of aromatic amines is 1. The molecule has 0 aliphatic heterocycles. The lowest BCUT2D eigenvalue weighted by Crippen LogP contribution is -2.15. The fraction of sp³-hybridized carbons (Fsp3) is 0.0667. The van der Waals surface area contributed by atoms with E-state index in [9.17, 15) is 9.18 Å². The smallest absolute Gasteiger partial charge is 0.274 e. The van der Waals surface area contributed by atoms with Crippen molar-refractivity contribution in [1.82, 2.24) is 14.8 Å². The van der Waals surface area contributed by atoms with E-state index in [4.69, 9.17) is 0 Å². The highest BCUT2D eigenvalue weighted by molar-refractivity contribution is 5.61. The van der Waals surface area contributed by atoms with Gasteiger partial charge in [-0.3, -0.25) is 14.9 Å². The highest BCUT2D eigenvalue weighted by Crippen LogP contribution is 2.18. The molecular weight excluding hydrogens is 257 g/mol. The summed E-state index contributed by atoms with van der Waals surface area (Å²) in [6.45, 7) is 1.75. The van der Waals surface area contributed by atoms with Crippen LogP contribution in [-0.2, 0) is 0 Å². The number of aromatic nitrogens is 3. The van der Waals surface area contributed by atoms with Crippen LogP contribution in [0.1, 0.15) is 5.56 Å². The Balaban J connectivity index is 2.16. The van der Waals surface area contributed by atoms with E-state index in [-0.39, 0.29) is 11.4 Å². The molecule has 100 valence electrons. The van der Waals surface area contributed by atoms with Crippen molar-refractivity contribution < 1.29 is 4.39 Å². The molecule has 0 saturated heterocycles. The van der Waals surface area contributed by atoms with Crippen LogP contribution in [0.15, 0.2) is 53.6 Å². The Morgan fingerprint density at radius 3 is 2.60 bits per heavy atom. The van der Waals surface area contributed by atoms with Crippen molar-refractivity contribution in [2.24, 2.45) is 0 Å². The summed E-state index contributed by atoms with van der Waals surface area (Å²) >= 11 is 0. The van der Waals surface area contributed by atoms with E-state index in [0.29, 0.717) is 16.9 Å². The van der Waals surface area contributed by atoms with Crippen molar-refractivity contribution >= 4 is 0 Å². The molecule has 0 bridgehead atoms. The lowest BCUT2D eigenvalue weighted by molar-refractivity contribution is 0.627. The second-order valence-corrected chi connectivity index (χ2v) is 4.47. The zero-order valence-corrected chi connectivity index (χ0v) is 10.8. The standard InChI is InChI=1S/C15H12FN3O/c1-10-14(11-3-2-8-17-9-11)18-19(15(10)20)13-6-4-12(16)5-7-13/h2-9,18H,1H3. The minimum absolute atomic E-state index is 0.157. The molecule has 3 rings (SSSR count). The predicted octanol–water partition coefficient (Wildman–Crippen LogP) is 2.68. The average Bonchev–Trinajstić information content (AvgIpc) is 2.77. The Labute approximate surface area is 114 Å². The van der Waals surface area contributed by atoms with E-state index in [1.54, 1.807) is 31.5 Å². The maximum Gasteiger partial charge on any atom is 0.274 e. The summed E-state index contributed by atoms with van der Waals surface area (Å²) in [6.07, 6.45) is 3.36. The molecular formula is C15H12FN3O.